The van der Waals surface area contributed by atoms with E-state index in [0.717, 1.165) is 24.6 Å². The van der Waals surface area contributed by atoms with Gasteiger partial charge in [-0.3, -0.25) is 10.1 Å². The summed E-state index contributed by atoms with van der Waals surface area (Å²) < 4.78 is 1.90. The number of β-amino-alcohol motifs (C(OH)–C–C–N with tert-alkyl or cyclic N) is 1. The summed E-state index contributed by atoms with van der Waals surface area (Å²) in [4.78, 5) is 17.0. The van der Waals surface area contributed by atoms with Crippen LogP contribution in [0, 0.1) is 16.0 Å². The summed E-state index contributed by atoms with van der Waals surface area (Å²) in [5, 5.41) is 21.2. The van der Waals surface area contributed by atoms with Gasteiger partial charge in [-0.05, 0) is 44.0 Å². The number of benzene rings is 1. The van der Waals surface area contributed by atoms with Crippen LogP contribution in [0.15, 0.2) is 36.7 Å². The largest absolute Gasteiger partial charge is 0.390 e. The lowest BCUT2D eigenvalue weighted by atomic mass is 9.99. The van der Waals surface area contributed by atoms with Gasteiger partial charge >= 0.3 is 0 Å². The fraction of sp³-hybridized carbons (Fsp3) is 0.500. The van der Waals surface area contributed by atoms with Crippen LogP contribution in [-0.4, -0.2) is 50.2 Å². The average molecular weight is 344 g/mol. The highest BCUT2D eigenvalue weighted by Crippen LogP contribution is 2.22. The first kappa shape index (κ1) is 17.6. The number of nitro benzene ring substituents is 1. The first-order valence-corrected chi connectivity index (χ1v) is 8.69. The van der Waals surface area contributed by atoms with Gasteiger partial charge in [0.25, 0.3) is 5.69 Å². The van der Waals surface area contributed by atoms with Gasteiger partial charge < -0.3 is 14.6 Å². The second-order valence-electron chi connectivity index (χ2n) is 6.84. The van der Waals surface area contributed by atoms with Crippen molar-refractivity contribution in [1.82, 2.24) is 14.5 Å². The van der Waals surface area contributed by atoms with Crippen molar-refractivity contribution in [3.8, 4) is 11.4 Å². The number of rotatable bonds is 6. The molecule has 2 aromatic rings. The summed E-state index contributed by atoms with van der Waals surface area (Å²) in [6.07, 6.45) is 5.42. The first-order chi connectivity index (χ1) is 12.0. The van der Waals surface area contributed by atoms with E-state index in [-0.39, 0.29) is 5.69 Å². The van der Waals surface area contributed by atoms with Crippen LogP contribution in [-0.2, 0) is 6.54 Å². The smallest absolute Gasteiger partial charge is 0.269 e. The highest BCUT2D eigenvalue weighted by molar-refractivity contribution is 5.57. The SMILES string of the molecule is CC1CCN(C[C@@H](O)Cn2ccnc2-c2ccc([N+](=O)[O-])cc2)CC1. The lowest BCUT2D eigenvalue weighted by Gasteiger charge is -2.31. The van der Waals surface area contributed by atoms with E-state index in [1.807, 2.05) is 10.8 Å². The minimum Gasteiger partial charge on any atom is -0.390 e. The number of imidazole rings is 1. The van der Waals surface area contributed by atoms with Gasteiger partial charge in [0, 0.05) is 36.6 Å². The van der Waals surface area contributed by atoms with Gasteiger partial charge in [0.1, 0.15) is 5.82 Å². The van der Waals surface area contributed by atoms with Crippen LogP contribution in [0.5, 0.6) is 0 Å². The summed E-state index contributed by atoms with van der Waals surface area (Å²) in [5.74, 6) is 1.48. The maximum Gasteiger partial charge on any atom is 0.269 e. The number of likely N-dealkylation sites (tertiary alicyclic amines) is 1. The number of hydrogen-bond donors (Lipinski definition) is 1. The van der Waals surface area contributed by atoms with Crippen molar-refractivity contribution in [1.29, 1.82) is 0 Å². The summed E-state index contributed by atoms with van der Waals surface area (Å²) in [5.41, 5.74) is 0.857. The molecule has 0 spiro atoms. The maximum absolute atomic E-state index is 10.8. The summed E-state index contributed by atoms with van der Waals surface area (Å²) in [6.45, 7) is 5.47. The second kappa shape index (κ2) is 7.76. The Bertz CT molecular complexity index is 705. The number of piperidine rings is 1. The molecule has 0 unspecified atom stereocenters. The van der Waals surface area contributed by atoms with E-state index in [0.29, 0.717) is 18.9 Å². The molecule has 1 fully saturated rings. The van der Waals surface area contributed by atoms with Crippen molar-refractivity contribution in [2.45, 2.75) is 32.4 Å². The summed E-state index contributed by atoms with van der Waals surface area (Å²) in [6, 6.07) is 6.32. The van der Waals surface area contributed by atoms with Gasteiger partial charge in [0.2, 0.25) is 0 Å². The fourth-order valence-electron chi connectivity index (χ4n) is 3.28. The molecule has 1 aliphatic rings. The van der Waals surface area contributed by atoms with E-state index >= 15 is 0 Å². The molecular formula is C18H24N4O3. The zero-order valence-electron chi connectivity index (χ0n) is 14.4. The zero-order valence-corrected chi connectivity index (χ0v) is 14.4. The first-order valence-electron chi connectivity index (χ1n) is 8.69. The zero-order chi connectivity index (χ0) is 17.8. The third-order valence-electron chi connectivity index (χ3n) is 4.80. The molecule has 0 amide bonds. The average Bonchev–Trinajstić information content (AvgIpc) is 3.05. The van der Waals surface area contributed by atoms with Crippen molar-refractivity contribution in [3.05, 3.63) is 46.8 Å². The van der Waals surface area contributed by atoms with Gasteiger partial charge in [0.05, 0.1) is 17.6 Å². The lowest BCUT2D eigenvalue weighted by molar-refractivity contribution is -0.384. The molecule has 1 saturated heterocycles. The fourth-order valence-corrected chi connectivity index (χ4v) is 3.28. The van der Waals surface area contributed by atoms with Crippen LogP contribution in [0.2, 0.25) is 0 Å². The molecule has 1 aromatic heterocycles. The second-order valence-corrected chi connectivity index (χ2v) is 6.84. The maximum atomic E-state index is 10.8. The van der Waals surface area contributed by atoms with Gasteiger partial charge in [-0.25, -0.2) is 4.98 Å². The van der Waals surface area contributed by atoms with Crippen molar-refractivity contribution in [2.75, 3.05) is 19.6 Å². The number of nitrogens with zero attached hydrogens (tertiary/aromatic N) is 4. The van der Waals surface area contributed by atoms with E-state index in [1.165, 1.54) is 25.0 Å². The molecule has 25 heavy (non-hydrogen) atoms. The molecule has 1 aliphatic heterocycles. The summed E-state index contributed by atoms with van der Waals surface area (Å²) in [7, 11) is 0. The third-order valence-corrected chi connectivity index (χ3v) is 4.80. The monoisotopic (exact) mass is 344 g/mol. The molecule has 7 heteroatoms. The molecular weight excluding hydrogens is 320 g/mol. The number of aromatic nitrogens is 2. The van der Waals surface area contributed by atoms with Crippen LogP contribution in [0.1, 0.15) is 19.8 Å². The van der Waals surface area contributed by atoms with Crippen molar-refractivity contribution < 1.29 is 10.0 Å². The van der Waals surface area contributed by atoms with Crippen LogP contribution in [0.25, 0.3) is 11.4 Å². The van der Waals surface area contributed by atoms with Gasteiger partial charge in [-0.2, -0.15) is 0 Å². The number of hydrogen-bond acceptors (Lipinski definition) is 5. The lowest BCUT2D eigenvalue weighted by Crippen LogP contribution is -2.39. The summed E-state index contributed by atoms with van der Waals surface area (Å²) >= 11 is 0. The Morgan fingerprint density at radius 2 is 1.96 bits per heavy atom. The molecule has 134 valence electrons. The molecule has 2 heterocycles. The predicted molar refractivity (Wildman–Crippen MR) is 95.2 cm³/mol. The van der Waals surface area contributed by atoms with E-state index in [2.05, 4.69) is 16.8 Å². The van der Waals surface area contributed by atoms with Gasteiger partial charge in [-0.15, -0.1) is 0 Å². The highest BCUT2D eigenvalue weighted by atomic mass is 16.6. The Hall–Kier alpha value is -2.25. The van der Waals surface area contributed by atoms with Crippen LogP contribution in [0.4, 0.5) is 5.69 Å². The van der Waals surface area contributed by atoms with E-state index in [1.54, 1.807) is 18.3 Å². The number of nitro groups is 1. The molecule has 1 atom stereocenters. The Morgan fingerprint density at radius 3 is 2.60 bits per heavy atom. The third kappa shape index (κ3) is 4.43. The molecule has 7 nitrogen and oxygen atoms in total. The van der Waals surface area contributed by atoms with Crippen LogP contribution >= 0.6 is 0 Å². The number of aliphatic hydroxyl groups excluding tert-OH is 1. The standard InChI is InChI=1S/C18H24N4O3/c1-14-6-9-20(10-7-14)12-17(23)13-21-11-8-19-18(21)15-2-4-16(5-3-15)22(24)25/h2-5,8,11,14,17,23H,6-7,9-10,12-13H2,1H3/t17-/m1/s1. The van der Waals surface area contributed by atoms with Gasteiger partial charge in [-0.1, -0.05) is 6.92 Å². The Balaban J connectivity index is 1.64. The number of aliphatic hydroxyl groups is 1. The molecule has 1 N–H and O–H groups in total. The van der Waals surface area contributed by atoms with Crippen LogP contribution in [0.3, 0.4) is 0 Å². The molecule has 3 rings (SSSR count). The molecule has 0 bridgehead atoms. The van der Waals surface area contributed by atoms with E-state index in [4.69, 9.17) is 0 Å². The topological polar surface area (TPSA) is 84.4 Å². The minimum absolute atomic E-state index is 0.0567. The minimum atomic E-state index is -0.473. The number of non-ortho nitro benzene ring substituents is 1. The van der Waals surface area contributed by atoms with E-state index < -0.39 is 11.0 Å². The van der Waals surface area contributed by atoms with Crippen LogP contribution < -0.4 is 0 Å². The Kier molecular flexibility index (Phi) is 5.45. The molecule has 0 aliphatic carbocycles. The predicted octanol–water partition coefficient (Wildman–Crippen LogP) is 2.55. The highest BCUT2D eigenvalue weighted by Gasteiger charge is 2.19. The van der Waals surface area contributed by atoms with Gasteiger partial charge in [0.15, 0.2) is 0 Å². The Labute approximate surface area is 147 Å². The Morgan fingerprint density at radius 1 is 1.28 bits per heavy atom. The molecule has 0 radical (unpaired) electrons. The van der Waals surface area contributed by atoms with E-state index in [9.17, 15) is 15.2 Å². The van der Waals surface area contributed by atoms with Crippen molar-refractivity contribution >= 4 is 5.69 Å². The molecule has 0 saturated carbocycles. The van der Waals surface area contributed by atoms with Crippen molar-refractivity contribution in [3.63, 3.8) is 0 Å². The normalized spacial score (nSPS) is 17.5. The van der Waals surface area contributed by atoms with Crippen molar-refractivity contribution in [2.24, 2.45) is 5.92 Å². The quantitative estimate of drug-likeness (QED) is 0.643. The molecule has 1 aromatic carbocycles.